The van der Waals surface area contributed by atoms with Crippen LogP contribution in [0.3, 0.4) is 0 Å². The van der Waals surface area contributed by atoms with E-state index < -0.39 is 11.0 Å². The molecule has 0 spiro atoms. The van der Waals surface area contributed by atoms with Crippen molar-refractivity contribution in [3.8, 4) is 0 Å². The third kappa shape index (κ3) is 2.17. The van der Waals surface area contributed by atoms with Gasteiger partial charge in [-0.05, 0) is 49.9 Å². The van der Waals surface area contributed by atoms with Gasteiger partial charge in [0.1, 0.15) is 0 Å². The van der Waals surface area contributed by atoms with Crippen molar-refractivity contribution in [2.45, 2.75) is 51.0 Å². The molecule has 3 heteroatoms. The quantitative estimate of drug-likeness (QED) is 0.602. The molecule has 2 fully saturated rings. The molecule has 0 aromatic heterocycles. The lowest BCUT2D eigenvalue weighted by Crippen LogP contribution is -2.51. The summed E-state index contributed by atoms with van der Waals surface area (Å²) in [6.45, 7) is 9.85. The van der Waals surface area contributed by atoms with E-state index in [-0.39, 0.29) is 17.8 Å². The van der Waals surface area contributed by atoms with Gasteiger partial charge in [0.05, 0.1) is 18.1 Å². The first kappa shape index (κ1) is 16.3. The second-order valence-electron chi connectivity index (χ2n) is 6.65. The maximum atomic E-state index is 12.5. The van der Waals surface area contributed by atoms with Gasteiger partial charge in [0.15, 0.2) is 0 Å². The van der Waals surface area contributed by atoms with Crippen molar-refractivity contribution in [3.63, 3.8) is 0 Å². The van der Waals surface area contributed by atoms with E-state index in [1.54, 1.807) is 0 Å². The van der Waals surface area contributed by atoms with E-state index in [1.165, 1.54) is 7.11 Å². The Morgan fingerprint density at radius 3 is 2.71 bits per heavy atom. The summed E-state index contributed by atoms with van der Waals surface area (Å²) in [4.78, 5) is 12.5. The standard InChI is InChI=1S/C18H28O3/c1-5-8-10-17(16(19)21-4)11-9-15-14(7-3)13(6-2)12-18(15,17)20/h5-6,13-15,20H,1-2,7-12H2,3-4H3/t13-,14+,15-,17-,18-/m1/s1. The summed E-state index contributed by atoms with van der Waals surface area (Å²) >= 11 is 0. The van der Waals surface area contributed by atoms with Crippen molar-refractivity contribution in [2.75, 3.05) is 7.11 Å². The zero-order valence-electron chi connectivity index (χ0n) is 13.3. The predicted octanol–water partition coefficient (Wildman–Crippen LogP) is 3.49. The Kier molecular flexibility index (Phi) is 4.62. The second-order valence-corrected chi connectivity index (χ2v) is 6.65. The number of methoxy groups -OCH3 is 1. The van der Waals surface area contributed by atoms with Crippen LogP contribution in [0, 0.1) is 23.2 Å². The van der Waals surface area contributed by atoms with Gasteiger partial charge in [-0.2, -0.15) is 0 Å². The molecule has 0 heterocycles. The highest BCUT2D eigenvalue weighted by Gasteiger charge is 2.68. The Hall–Kier alpha value is -1.09. The Morgan fingerprint density at radius 2 is 2.19 bits per heavy atom. The molecule has 0 saturated heterocycles. The molecule has 2 rings (SSSR count). The van der Waals surface area contributed by atoms with Gasteiger partial charge in [-0.1, -0.05) is 25.5 Å². The first-order valence-corrected chi connectivity index (χ1v) is 8.05. The average molecular weight is 292 g/mol. The molecule has 2 saturated carbocycles. The van der Waals surface area contributed by atoms with Gasteiger partial charge >= 0.3 is 5.97 Å². The van der Waals surface area contributed by atoms with E-state index >= 15 is 0 Å². The fraction of sp³-hybridized carbons (Fsp3) is 0.722. The second kappa shape index (κ2) is 5.96. The number of hydrogen-bond acceptors (Lipinski definition) is 3. The third-order valence-electron chi connectivity index (χ3n) is 6.06. The Labute approximate surface area is 128 Å². The van der Waals surface area contributed by atoms with Crippen LogP contribution in [0.5, 0.6) is 0 Å². The summed E-state index contributed by atoms with van der Waals surface area (Å²) in [7, 11) is 1.42. The van der Waals surface area contributed by atoms with Crippen molar-refractivity contribution < 1.29 is 14.6 Å². The van der Waals surface area contributed by atoms with Gasteiger partial charge in [0, 0.05) is 0 Å². The summed E-state index contributed by atoms with van der Waals surface area (Å²) in [5, 5.41) is 11.5. The lowest BCUT2D eigenvalue weighted by molar-refractivity contribution is -0.172. The highest BCUT2D eigenvalue weighted by atomic mass is 16.5. The highest BCUT2D eigenvalue weighted by Crippen LogP contribution is 2.64. The number of esters is 1. The van der Waals surface area contributed by atoms with Crippen LogP contribution in [0.15, 0.2) is 25.3 Å². The van der Waals surface area contributed by atoms with Crippen LogP contribution >= 0.6 is 0 Å². The van der Waals surface area contributed by atoms with E-state index in [4.69, 9.17) is 4.74 Å². The Morgan fingerprint density at radius 1 is 1.48 bits per heavy atom. The third-order valence-corrected chi connectivity index (χ3v) is 6.06. The van der Waals surface area contributed by atoms with Gasteiger partial charge < -0.3 is 9.84 Å². The van der Waals surface area contributed by atoms with Crippen LogP contribution < -0.4 is 0 Å². The van der Waals surface area contributed by atoms with Crippen molar-refractivity contribution in [1.82, 2.24) is 0 Å². The summed E-state index contributed by atoms with van der Waals surface area (Å²) < 4.78 is 5.09. The first-order valence-electron chi connectivity index (χ1n) is 8.05. The molecule has 2 aliphatic carbocycles. The van der Waals surface area contributed by atoms with Crippen LogP contribution in [-0.4, -0.2) is 23.8 Å². The maximum Gasteiger partial charge on any atom is 0.314 e. The Balaban J connectivity index is 2.42. The number of aliphatic hydroxyl groups is 1. The number of fused-ring (bicyclic) bond motifs is 1. The largest absolute Gasteiger partial charge is 0.469 e. The minimum atomic E-state index is -0.956. The number of ether oxygens (including phenoxy) is 1. The minimum Gasteiger partial charge on any atom is -0.469 e. The highest BCUT2D eigenvalue weighted by molar-refractivity contribution is 5.79. The van der Waals surface area contributed by atoms with E-state index in [9.17, 15) is 9.90 Å². The molecule has 0 unspecified atom stereocenters. The van der Waals surface area contributed by atoms with Gasteiger partial charge in [0.25, 0.3) is 0 Å². The normalized spacial score (nSPS) is 41.6. The monoisotopic (exact) mass is 292 g/mol. The number of rotatable bonds is 6. The predicted molar refractivity (Wildman–Crippen MR) is 83.6 cm³/mol. The summed E-state index contributed by atoms with van der Waals surface area (Å²) in [6, 6.07) is 0. The topological polar surface area (TPSA) is 46.5 Å². The van der Waals surface area contributed by atoms with Crippen LogP contribution in [0.25, 0.3) is 0 Å². The van der Waals surface area contributed by atoms with Crippen molar-refractivity contribution in [2.24, 2.45) is 23.2 Å². The molecule has 3 nitrogen and oxygen atoms in total. The molecule has 0 amide bonds. The van der Waals surface area contributed by atoms with Crippen LogP contribution in [-0.2, 0) is 9.53 Å². The number of hydrogen-bond donors (Lipinski definition) is 1. The molecule has 5 atom stereocenters. The fourth-order valence-electron chi connectivity index (χ4n) is 5.05. The molecule has 1 N–H and O–H groups in total. The van der Waals surface area contributed by atoms with E-state index in [2.05, 4.69) is 20.1 Å². The molecule has 21 heavy (non-hydrogen) atoms. The van der Waals surface area contributed by atoms with Crippen LogP contribution in [0.1, 0.15) is 45.4 Å². The van der Waals surface area contributed by atoms with E-state index in [0.29, 0.717) is 18.8 Å². The zero-order valence-corrected chi connectivity index (χ0v) is 13.3. The van der Waals surface area contributed by atoms with Gasteiger partial charge in [0.2, 0.25) is 0 Å². The van der Waals surface area contributed by atoms with Crippen molar-refractivity contribution >= 4 is 5.97 Å². The molecule has 0 aliphatic heterocycles. The number of carbonyl (C=O) groups is 1. The lowest BCUT2D eigenvalue weighted by atomic mass is 9.68. The first-order chi connectivity index (χ1) is 10.0. The molecule has 118 valence electrons. The van der Waals surface area contributed by atoms with Gasteiger partial charge in [-0.3, -0.25) is 4.79 Å². The zero-order chi connectivity index (χ0) is 15.7. The maximum absolute atomic E-state index is 12.5. The molecular weight excluding hydrogens is 264 g/mol. The van der Waals surface area contributed by atoms with E-state index in [0.717, 1.165) is 25.7 Å². The number of allylic oxidation sites excluding steroid dienone is 2. The summed E-state index contributed by atoms with van der Waals surface area (Å²) in [5.74, 6) is 0.629. The molecule has 0 radical (unpaired) electrons. The van der Waals surface area contributed by atoms with E-state index in [1.807, 2.05) is 12.2 Å². The number of carbonyl (C=O) groups excluding carboxylic acids is 1. The van der Waals surface area contributed by atoms with Gasteiger partial charge in [-0.15, -0.1) is 13.2 Å². The lowest BCUT2D eigenvalue weighted by Gasteiger charge is -2.40. The smallest absolute Gasteiger partial charge is 0.314 e. The van der Waals surface area contributed by atoms with Crippen molar-refractivity contribution in [3.05, 3.63) is 25.3 Å². The molecule has 0 aromatic carbocycles. The molecule has 0 aromatic rings. The van der Waals surface area contributed by atoms with Crippen molar-refractivity contribution in [1.29, 1.82) is 0 Å². The van der Waals surface area contributed by atoms with Crippen LogP contribution in [0.2, 0.25) is 0 Å². The molecule has 0 bridgehead atoms. The Bertz CT molecular complexity index is 430. The van der Waals surface area contributed by atoms with Crippen LogP contribution in [0.4, 0.5) is 0 Å². The minimum absolute atomic E-state index is 0.175. The SMILES string of the molecule is C=CCC[C@]1(C(=O)OC)CC[C@@H]2[C@@H](CC)[C@H](C=C)C[C@@]21O. The summed E-state index contributed by atoms with van der Waals surface area (Å²) in [6.07, 6.45) is 8.38. The molecule has 2 aliphatic rings. The molecular formula is C18H28O3. The summed E-state index contributed by atoms with van der Waals surface area (Å²) in [5.41, 5.74) is -1.73. The van der Waals surface area contributed by atoms with Gasteiger partial charge in [-0.25, -0.2) is 0 Å². The fourth-order valence-corrected chi connectivity index (χ4v) is 5.05. The average Bonchev–Trinajstić information content (AvgIpc) is 2.94.